The van der Waals surface area contributed by atoms with Crippen molar-refractivity contribution < 1.29 is 17.9 Å². The highest BCUT2D eigenvalue weighted by atomic mass is 32.2. The summed E-state index contributed by atoms with van der Waals surface area (Å²) in [6.07, 6.45) is 0.672. The summed E-state index contributed by atoms with van der Waals surface area (Å²) < 4.78 is 28.1. The van der Waals surface area contributed by atoms with Crippen LogP contribution in [0.4, 0.5) is 5.69 Å². The molecule has 2 heterocycles. The molecule has 2 fully saturated rings. The number of methoxy groups -OCH3 is 1. The molecule has 2 aliphatic rings. The molecular weight excluding hydrogens is 360 g/mol. The zero-order chi connectivity index (χ0) is 17.9. The van der Waals surface area contributed by atoms with Crippen LogP contribution >= 0.6 is 11.8 Å². The Morgan fingerprint density at radius 1 is 1.20 bits per heavy atom. The summed E-state index contributed by atoms with van der Waals surface area (Å²) in [5.74, 6) is 1.81. The predicted octanol–water partition coefficient (Wildman–Crippen LogP) is 1.26. The lowest BCUT2D eigenvalue weighted by Gasteiger charge is -2.36. The molecule has 0 saturated carbocycles. The van der Waals surface area contributed by atoms with Gasteiger partial charge in [-0.05, 0) is 30.7 Å². The zero-order valence-electron chi connectivity index (χ0n) is 14.4. The van der Waals surface area contributed by atoms with Crippen molar-refractivity contribution in [2.75, 3.05) is 55.4 Å². The minimum atomic E-state index is -2.87. The lowest BCUT2D eigenvalue weighted by molar-refractivity contribution is -0.128. The van der Waals surface area contributed by atoms with Crippen LogP contribution in [-0.4, -0.2) is 75.0 Å². The monoisotopic (exact) mass is 384 g/mol. The normalized spacial score (nSPS) is 22.8. The van der Waals surface area contributed by atoms with E-state index >= 15 is 0 Å². The first-order chi connectivity index (χ1) is 12.0. The van der Waals surface area contributed by atoms with Gasteiger partial charge in [0.2, 0.25) is 5.91 Å². The first kappa shape index (κ1) is 18.4. The average molecular weight is 385 g/mol. The van der Waals surface area contributed by atoms with Crippen molar-refractivity contribution in [3.63, 3.8) is 0 Å². The van der Waals surface area contributed by atoms with Crippen molar-refractivity contribution in [1.29, 1.82) is 0 Å². The van der Waals surface area contributed by atoms with Crippen molar-refractivity contribution >= 4 is 33.2 Å². The second kappa shape index (κ2) is 7.86. The Balaban J connectivity index is 1.44. The number of nitrogens with zero attached hydrogens (tertiary/aromatic N) is 2. The molecule has 3 rings (SSSR count). The fourth-order valence-electron chi connectivity index (χ4n) is 3.18. The van der Waals surface area contributed by atoms with E-state index in [1.54, 1.807) is 7.11 Å². The van der Waals surface area contributed by atoms with Crippen LogP contribution in [0.15, 0.2) is 24.3 Å². The van der Waals surface area contributed by atoms with E-state index in [2.05, 4.69) is 4.90 Å². The smallest absolute Gasteiger partial charge is 0.232 e. The van der Waals surface area contributed by atoms with Crippen LogP contribution in [0.2, 0.25) is 0 Å². The minimum Gasteiger partial charge on any atom is -0.497 e. The van der Waals surface area contributed by atoms with Crippen LogP contribution in [-0.2, 0) is 14.6 Å². The molecule has 1 aromatic rings. The molecule has 2 aliphatic heterocycles. The summed E-state index contributed by atoms with van der Waals surface area (Å²) in [7, 11) is -1.22. The molecule has 2 saturated heterocycles. The number of amides is 1. The third-order valence-electron chi connectivity index (χ3n) is 4.70. The SMILES string of the molecule is COc1ccc(N2CCN(C(=O)CS[C@@H]3CCS(=O)(=O)C3)CC2)cc1. The van der Waals surface area contributed by atoms with E-state index in [9.17, 15) is 13.2 Å². The summed E-state index contributed by atoms with van der Waals surface area (Å²) in [5, 5.41) is 0.0783. The van der Waals surface area contributed by atoms with Gasteiger partial charge >= 0.3 is 0 Å². The Hall–Kier alpha value is -1.41. The van der Waals surface area contributed by atoms with E-state index < -0.39 is 9.84 Å². The molecule has 1 aromatic carbocycles. The van der Waals surface area contributed by atoms with E-state index in [1.807, 2.05) is 29.2 Å². The number of thioether (sulfide) groups is 1. The molecule has 6 nitrogen and oxygen atoms in total. The third-order valence-corrected chi connectivity index (χ3v) is 7.97. The zero-order valence-corrected chi connectivity index (χ0v) is 16.0. The number of hydrogen-bond acceptors (Lipinski definition) is 6. The number of benzene rings is 1. The van der Waals surface area contributed by atoms with E-state index in [4.69, 9.17) is 4.74 Å². The maximum absolute atomic E-state index is 12.4. The molecule has 1 amide bonds. The van der Waals surface area contributed by atoms with Gasteiger partial charge in [-0.1, -0.05) is 0 Å². The molecule has 0 unspecified atom stereocenters. The van der Waals surface area contributed by atoms with Crippen molar-refractivity contribution in [1.82, 2.24) is 4.90 Å². The van der Waals surface area contributed by atoms with Crippen molar-refractivity contribution in [2.24, 2.45) is 0 Å². The van der Waals surface area contributed by atoms with Crippen LogP contribution in [0.25, 0.3) is 0 Å². The first-order valence-electron chi connectivity index (χ1n) is 8.46. The molecule has 0 aromatic heterocycles. The lowest BCUT2D eigenvalue weighted by atomic mass is 10.2. The Morgan fingerprint density at radius 3 is 2.44 bits per heavy atom. The highest BCUT2D eigenvalue weighted by Crippen LogP contribution is 2.25. The lowest BCUT2D eigenvalue weighted by Crippen LogP contribution is -2.49. The Morgan fingerprint density at radius 2 is 1.88 bits per heavy atom. The number of carbonyl (C=O) groups excluding carboxylic acids is 1. The maximum Gasteiger partial charge on any atom is 0.232 e. The Bertz CT molecular complexity index is 698. The number of rotatable bonds is 5. The predicted molar refractivity (Wildman–Crippen MR) is 101 cm³/mol. The van der Waals surface area contributed by atoms with Gasteiger partial charge in [-0.25, -0.2) is 8.42 Å². The minimum absolute atomic E-state index is 0.0783. The Kier molecular flexibility index (Phi) is 5.78. The second-order valence-electron chi connectivity index (χ2n) is 6.40. The molecule has 0 N–H and O–H groups in total. The van der Waals surface area contributed by atoms with Crippen LogP contribution in [0.1, 0.15) is 6.42 Å². The van der Waals surface area contributed by atoms with Crippen LogP contribution in [0, 0.1) is 0 Å². The molecule has 0 spiro atoms. The maximum atomic E-state index is 12.4. The van der Waals surface area contributed by atoms with Gasteiger partial charge in [-0.3, -0.25) is 4.79 Å². The van der Waals surface area contributed by atoms with Gasteiger partial charge in [0.25, 0.3) is 0 Å². The standard InChI is InChI=1S/C17H24N2O4S2/c1-23-15-4-2-14(3-5-15)18-7-9-19(10-8-18)17(20)12-24-16-6-11-25(21,22)13-16/h2-5,16H,6-13H2,1H3/t16-/m1/s1. The van der Waals surface area contributed by atoms with Crippen molar-refractivity contribution in [2.45, 2.75) is 11.7 Å². The highest BCUT2D eigenvalue weighted by molar-refractivity contribution is 8.02. The van der Waals surface area contributed by atoms with Crippen molar-refractivity contribution in [3.8, 4) is 5.75 Å². The molecule has 8 heteroatoms. The molecular formula is C17H24N2O4S2. The Labute approximate surface area is 153 Å². The summed E-state index contributed by atoms with van der Waals surface area (Å²) in [6, 6.07) is 7.96. The second-order valence-corrected chi connectivity index (χ2v) is 9.92. The van der Waals surface area contributed by atoms with Crippen LogP contribution in [0.3, 0.4) is 0 Å². The van der Waals surface area contributed by atoms with Crippen LogP contribution < -0.4 is 9.64 Å². The van der Waals surface area contributed by atoms with Gasteiger partial charge in [-0.2, -0.15) is 0 Å². The quantitative estimate of drug-likeness (QED) is 0.762. The molecule has 0 aliphatic carbocycles. The topological polar surface area (TPSA) is 66.9 Å². The summed E-state index contributed by atoms with van der Waals surface area (Å²) in [4.78, 5) is 16.5. The number of anilines is 1. The van der Waals surface area contributed by atoms with Crippen molar-refractivity contribution in [3.05, 3.63) is 24.3 Å². The number of sulfone groups is 1. The van der Waals surface area contributed by atoms with Gasteiger partial charge < -0.3 is 14.5 Å². The van der Waals surface area contributed by atoms with E-state index in [1.165, 1.54) is 11.8 Å². The van der Waals surface area contributed by atoms with Gasteiger partial charge in [0.15, 0.2) is 9.84 Å². The number of hydrogen-bond donors (Lipinski definition) is 0. The molecule has 0 bridgehead atoms. The molecule has 1 atom stereocenters. The summed E-state index contributed by atoms with van der Waals surface area (Å²) in [5.41, 5.74) is 1.14. The van der Waals surface area contributed by atoms with E-state index in [0.29, 0.717) is 25.3 Å². The molecule has 25 heavy (non-hydrogen) atoms. The van der Waals surface area contributed by atoms with E-state index in [-0.39, 0.29) is 22.7 Å². The number of carbonyl (C=O) groups is 1. The molecule has 0 radical (unpaired) electrons. The van der Waals surface area contributed by atoms with Crippen LogP contribution in [0.5, 0.6) is 5.75 Å². The fourth-order valence-corrected chi connectivity index (χ4v) is 6.72. The average Bonchev–Trinajstić information content (AvgIpc) is 2.99. The van der Waals surface area contributed by atoms with Gasteiger partial charge in [0.1, 0.15) is 5.75 Å². The van der Waals surface area contributed by atoms with Gasteiger partial charge in [0, 0.05) is 37.1 Å². The first-order valence-corrected chi connectivity index (χ1v) is 11.3. The molecule has 138 valence electrons. The van der Waals surface area contributed by atoms with Gasteiger partial charge in [-0.15, -0.1) is 11.8 Å². The number of piperazine rings is 1. The van der Waals surface area contributed by atoms with E-state index in [0.717, 1.165) is 24.5 Å². The summed E-state index contributed by atoms with van der Waals surface area (Å²) in [6.45, 7) is 3.02. The number of ether oxygens (including phenoxy) is 1. The largest absolute Gasteiger partial charge is 0.497 e. The summed E-state index contributed by atoms with van der Waals surface area (Å²) >= 11 is 1.49. The highest BCUT2D eigenvalue weighted by Gasteiger charge is 2.29. The van der Waals surface area contributed by atoms with Gasteiger partial charge in [0.05, 0.1) is 24.4 Å². The third kappa shape index (κ3) is 4.82. The fraction of sp³-hybridized carbons (Fsp3) is 0.588.